The maximum absolute atomic E-state index is 12.3. The Morgan fingerprint density at radius 1 is 1.06 bits per heavy atom. The summed E-state index contributed by atoms with van der Waals surface area (Å²) in [7, 11) is 3.65. The summed E-state index contributed by atoms with van der Waals surface area (Å²) in [6.45, 7) is 8.65. The monoisotopic (exact) mass is 480 g/mol. The zero-order valence-corrected chi connectivity index (χ0v) is 22.6. The van der Waals surface area contributed by atoms with Crippen LogP contribution >= 0.6 is 0 Å². The molecule has 4 heteroatoms. The van der Waals surface area contributed by atoms with Crippen LogP contribution in [0.15, 0.2) is 12.1 Å². The van der Waals surface area contributed by atoms with E-state index >= 15 is 0 Å². The van der Waals surface area contributed by atoms with Crippen LogP contribution in [0.2, 0.25) is 0 Å². The summed E-state index contributed by atoms with van der Waals surface area (Å²) >= 11 is 0. The van der Waals surface area contributed by atoms with Gasteiger partial charge in [0, 0.05) is 24.0 Å². The van der Waals surface area contributed by atoms with Crippen LogP contribution < -0.4 is 9.47 Å². The van der Waals surface area contributed by atoms with Crippen molar-refractivity contribution in [3.63, 3.8) is 0 Å². The fraction of sp³-hybridized carbons (Fsp3) is 0.806. The second-order valence-electron chi connectivity index (χ2n) is 14.4. The molecule has 0 amide bonds. The van der Waals surface area contributed by atoms with Gasteiger partial charge in [0.25, 0.3) is 0 Å². The van der Waals surface area contributed by atoms with Gasteiger partial charge in [-0.05, 0) is 92.1 Å². The average molecular weight is 481 g/mol. The van der Waals surface area contributed by atoms with E-state index in [1.165, 1.54) is 49.7 Å². The Morgan fingerprint density at radius 2 is 1.83 bits per heavy atom. The molecule has 0 aromatic heterocycles. The Bertz CT molecular complexity index is 1070. The molecule has 8 rings (SSSR count). The van der Waals surface area contributed by atoms with Gasteiger partial charge in [0.05, 0.1) is 12.7 Å². The van der Waals surface area contributed by atoms with Gasteiger partial charge in [-0.15, -0.1) is 0 Å². The third-order valence-corrected chi connectivity index (χ3v) is 12.5. The summed E-state index contributed by atoms with van der Waals surface area (Å²) in [5.74, 6) is 4.30. The number of rotatable bonds is 5. The number of fused-ring (bicyclic) bond motifs is 2. The Hall–Kier alpha value is -1.26. The van der Waals surface area contributed by atoms with Crippen LogP contribution in [0.25, 0.3) is 0 Å². The molecule has 3 unspecified atom stereocenters. The number of methoxy groups -OCH3 is 2. The van der Waals surface area contributed by atoms with Crippen LogP contribution in [-0.4, -0.2) is 36.6 Å². The molecule has 6 aliphatic carbocycles. The van der Waals surface area contributed by atoms with Gasteiger partial charge >= 0.3 is 0 Å². The molecular weight excluding hydrogens is 436 g/mol. The van der Waals surface area contributed by atoms with E-state index in [0.29, 0.717) is 5.92 Å². The largest absolute Gasteiger partial charge is 0.493 e. The predicted octanol–water partition coefficient (Wildman–Crippen LogP) is 6.06. The molecule has 4 bridgehead atoms. The molecule has 4 nitrogen and oxygen atoms in total. The van der Waals surface area contributed by atoms with Gasteiger partial charge in [0.15, 0.2) is 11.5 Å². The molecule has 2 spiro atoms. The van der Waals surface area contributed by atoms with Gasteiger partial charge in [-0.3, -0.25) is 0 Å². The lowest BCUT2D eigenvalue weighted by atomic mass is 9.30. The maximum Gasteiger partial charge on any atom is 0.165 e. The van der Waals surface area contributed by atoms with Crippen molar-refractivity contribution < 1.29 is 19.3 Å². The molecule has 35 heavy (non-hydrogen) atoms. The molecule has 1 N–H and O–H groups in total. The first kappa shape index (κ1) is 22.9. The lowest BCUT2D eigenvalue weighted by molar-refractivity contribution is -0.314. The molecule has 0 radical (unpaired) electrons. The van der Waals surface area contributed by atoms with Gasteiger partial charge in [-0.2, -0.15) is 0 Å². The Labute approximate surface area is 211 Å². The summed E-state index contributed by atoms with van der Waals surface area (Å²) in [4.78, 5) is 0. The highest BCUT2D eigenvalue weighted by Gasteiger charge is 2.82. The number of benzene rings is 1. The molecule has 1 aromatic carbocycles. The van der Waals surface area contributed by atoms with Gasteiger partial charge in [0.2, 0.25) is 0 Å². The van der Waals surface area contributed by atoms with Crippen molar-refractivity contribution in [3.05, 3.63) is 23.3 Å². The maximum atomic E-state index is 12.3. The minimum atomic E-state index is -0.860. The number of aliphatic hydroxyl groups is 1. The van der Waals surface area contributed by atoms with Crippen molar-refractivity contribution in [1.29, 1.82) is 0 Å². The third-order valence-electron chi connectivity index (χ3n) is 12.5. The van der Waals surface area contributed by atoms with Crippen molar-refractivity contribution in [3.8, 4) is 11.5 Å². The van der Waals surface area contributed by atoms with E-state index in [1.54, 1.807) is 7.11 Å². The zero-order chi connectivity index (χ0) is 24.6. The quantitative estimate of drug-likeness (QED) is 0.557. The Morgan fingerprint density at radius 3 is 2.49 bits per heavy atom. The molecule has 7 aliphatic rings. The first-order chi connectivity index (χ1) is 16.6. The molecular formula is C31H44O4. The topological polar surface area (TPSA) is 47.9 Å². The van der Waals surface area contributed by atoms with E-state index in [2.05, 4.69) is 39.8 Å². The first-order valence-electron chi connectivity index (χ1n) is 14.2. The molecule has 1 heterocycles. The van der Waals surface area contributed by atoms with Crippen LogP contribution in [0.3, 0.4) is 0 Å². The summed E-state index contributed by atoms with van der Waals surface area (Å²) < 4.78 is 19.7. The minimum absolute atomic E-state index is 0.0199. The van der Waals surface area contributed by atoms with Crippen LogP contribution in [-0.2, 0) is 16.6 Å². The normalized spacial score (nSPS) is 44.4. The average Bonchev–Trinajstić information content (AvgIpc) is 3.56. The smallest absolute Gasteiger partial charge is 0.165 e. The highest BCUT2D eigenvalue weighted by atomic mass is 16.6. The lowest BCUT2D eigenvalue weighted by Crippen LogP contribution is -2.80. The highest BCUT2D eigenvalue weighted by Crippen LogP contribution is 2.80. The molecule has 5 saturated carbocycles. The van der Waals surface area contributed by atoms with Crippen LogP contribution in [0.4, 0.5) is 0 Å². The van der Waals surface area contributed by atoms with Crippen LogP contribution in [0, 0.1) is 34.5 Å². The van der Waals surface area contributed by atoms with Gasteiger partial charge in [-0.1, -0.05) is 39.7 Å². The highest BCUT2D eigenvalue weighted by molar-refractivity contribution is 5.63. The van der Waals surface area contributed by atoms with Crippen molar-refractivity contribution in [2.24, 2.45) is 34.5 Å². The number of hydrogen-bond acceptors (Lipinski definition) is 4. The van der Waals surface area contributed by atoms with Crippen molar-refractivity contribution >= 4 is 0 Å². The van der Waals surface area contributed by atoms with Crippen molar-refractivity contribution in [2.45, 2.75) is 108 Å². The molecule has 192 valence electrons. The Kier molecular flexibility index (Phi) is 4.44. The van der Waals surface area contributed by atoms with E-state index in [-0.39, 0.29) is 28.3 Å². The number of ether oxygens (including phenoxy) is 3. The fourth-order valence-electron chi connectivity index (χ4n) is 10.3. The van der Waals surface area contributed by atoms with E-state index < -0.39 is 11.2 Å². The standard InChI is InChI=1S/C31H44O4/c1-27(2,3)28(4,32)23-17-29-13-14-31(23,34-6)26-30(29)12-11-19(15-18-7-8-18)21(29)16-20-9-10-22(33-5)25(35-26)24(20)30/h9-10,18-19,21,23,26,32H,7-8,11-17H2,1-6H3/t19?,21-,23+,26+,28?,29?,30-,31+/m0/s1. The molecule has 8 atom stereocenters. The Balaban J connectivity index is 1.48. The minimum Gasteiger partial charge on any atom is -0.493 e. The van der Waals surface area contributed by atoms with Gasteiger partial charge < -0.3 is 19.3 Å². The second kappa shape index (κ2) is 6.78. The summed E-state index contributed by atoms with van der Waals surface area (Å²) in [6.07, 6.45) is 11.1. The van der Waals surface area contributed by atoms with Crippen molar-refractivity contribution in [2.75, 3.05) is 14.2 Å². The predicted molar refractivity (Wildman–Crippen MR) is 136 cm³/mol. The van der Waals surface area contributed by atoms with E-state index in [1.807, 2.05) is 7.11 Å². The van der Waals surface area contributed by atoms with Crippen LogP contribution in [0.1, 0.15) is 90.2 Å². The summed E-state index contributed by atoms with van der Waals surface area (Å²) in [5, 5.41) is 12.3. The van der Waals surface area contributed by atoms with Gasteiger partial charge in [0.1, 0.15) is 11.7 Å². The fourth-order valence-corrected chi connectivity index (χ4v) is 10.3. The summed E-state index contributed by atoms with van der Waals surface area (Å²) in [5.41, 5.74) is 1.49. The molecule has 0 saturated heterocycles. The molecule has 5 fully saturated rings. The second-order valence-corrected chi connectivity index (χ2v) is 14.4. The van der Waals surface area contributed by atoms with Gasteiger partial charge in [-0.25, -0.2) is 0 Å². The van der Waals surface area contributed by atoms with E-state index in [9.17, 15) is 5.11 Å². The summed E-state index contributed by atoms with van der Waals surface area (Å²) in [6, 6.07) is 4.48. The first-order valence-corrected chi connectivity index (χ1v) is 14.2. The van der Waals surface area contributed by atoms with E-state index in [0.717, 1.165) is 42.6 Å². The van der Waals surface area contributed by atoms with Crippen molar-refractivity contribution in [1.82, 2.24) is 0 Å². The third kappa shape index (κ3) is 2.48. The lowest BCUT2D eigenvalue weighted by Gasteiger charge is -2.75. The van der Waals surface area contributed by atoms with E-state index in [4.69, 9.17) is 14.2 Å². The van der Waals surface area contributed by atoms with Crippen LogP contribution in [0.5, 0.6) is 11.5 Å². The SMILES string of the molecule is COc1ccc2c3c1O[C@H]1[C@@]4(OC)CCC5(C[C@@H]4C(C)(O)C(C)(C)C)[C@@H](C2)C(CC2CC2)CC[C@]315. The zero-order valence-electron chi connectivity index (χ0n) is 22.6. The molecule has 1 aliphatic heterocycles. The molecule has 1 aromatic rings. The number of hydrogen-bond donors (Lipinski definition) is 1.